The Morgan fingerprint density at radius 2 is 1.91 bits per heavy atom. The van der Waals surface area contributed by atoms with E-state index >= 15 is 0 Å². The van der Waals surface area contributed by atoms with Crippen molar-refractivity contribution >= 4 is 11.8 Å². The predicted octanol–water partition coefficient (Wildman–Crippen LogP) is 2.53. The monoisotopic (exact) mass is 314 g/mol. The van der Waals surface area contributed by atoms with Gasteiger partial charge in [0.1, 0.15) is 0 Å². The van der Waals surface area contributed by atoms with Crippen molar-refractivity contribution in [3.05, 3.63) is 35.9 Å². The second kappa shape index (κ2) is 7.62. The summed E-state index contributed by atoms with van der Waals surface area (Å²) in [5.74, 6) is 0.744. The Morgan fingerprint density at radius 3 is 2.65 bits per heavy atom. The van der Waals surface area contributed by atoms with E-state index < -0.39 is 0 Å². The number of amides is 2. The number of likely N-dealkylation sites (tertiary alicyclic amines) is 1. The second-order valence-electron chi connectivity index (χ2n) is 6.88. The average molecular weight is 314 g/mol. The minimum Gasteiger partial charge on any atom is -0.353 e. The topological polar surface area (TPSA) is 49.4 Å². The molecule has 0 aromatic heterocycles. The van der Waals surface area contributed by atoms with Crippen LogP contribution in [-0.4, -0.2) is 35.8 Å². The van der Waals surface area contributed by atoms with E-state index in [4.69, 9.17) is 0 Å². The van der Waals surface area contributed by atoms with E-state index in [0.717, 1.165) is 45.2 Å². The lowest BCUT2D eigenvalue weighted by atomic mass is 10.0. The van der Waals surface area contributed by atoms with Gasteiger partial charge >= 0.3 is 0 Å². The molecule has 0 spiro atoms. The normalized spacial score (nSPS) is 20.5. The van der Waals surface area contributed by atoms with Gasteiger partial charge in [0, 0.05) is 32.0 Å². The molecule has 1 aliphatic heterocycles. The SMILES string of the molecule is O=C(CC1CCN(C(=O)CCCc2ccccc2)C1)NC1CC1. The van der Waals surface area contributed by atoms with Crippen molar-refractivity contribution in [2.75, 3.05) is 13.1 Å². The molecule has 0 bridgehead atoms. The summed E-state index contributed by atoms with van der Waals surface area (Å²) < 4.78 is 0. The molecule has 2 aliphatic rings. The van der Waals surface area contributed by atoms with Gasteiger partial charge in [0.15, 0.2) is 0 Å². The molecule has 2 amide bonds. The van der Waals surface area contributed by atoms with E-state index in [1.54, 1.807) is 0 Å². The number of hydrogen-bond donors (Lipinski definition) is 1. The lowest BCUT2D eigenvalue weighted by Gasteiger charge is -2.16. The number of carbonyl (C=O) groups excluding carboxylic acids is 2. The predicted molar refractivity (Wildman–Crippen MR) is 89.8 cm³/mol. The highest BCUT2D eigenvalue weighted by Crippen LogP contribution is 2.23. The molecular formula is C19H26N2O2. The van der Waals surface area contributed by atoms with Crippen molar-refractivity contribution in [1.82, 2.24) is 10.2 Å². The number of carbonyl (C=O) groups is 2. The van der Waals surface area contributed by atoms with Gasteiger partial charge in [-0.1, -0.05) is 30.3 Å². The van der Waals surface area contributed by atoms with E-state index in [2.05, 4.69) is 17.4 Å². The zero-order chi connectivity index (χ0) is 16.1. The molecule has 124 valence electrons. The molecule has 2 fully saturated rings. The summed E-state index contributed by atoms with van der Waals surface area (Å²) in [5.41, 5.74) is 1.29. The lowest BCUT2D eigenvalue weighted by Crippen LogP contribution is -2.31. The number of rotatable bonds is 7. The fourth-order valence-corrected chi connectivity index (χ4v) is 3.25. The van der Waals surface area contributed by atoms with Crippen LogP contribution in [0, 0.1) is 5.92 Å². The van der Waals surface area contributed by atoms with Gasteiger partial charge < -0.3 is 10.2 Å². The third-order valence-corrected chi connectivity index (χ3v) is 4.75. The highest BCUT2D eigenvalue weighted by molar-refractivity contribution is 5.78. The average Bonchev–Trinajstić information content (AvgIpc) is 3.23. The first kappa shape index (κ1) is 16.0. The molecule has 3 rings (SSSR count). The van der Waals surface area contributed by atoms with E-state index in [1.165, 1.54) is 5.56 Å². The summed E-state index contributed by atoms with van der Waals surface area (Å²) >= 11 is 0. The molecule has 1 saturated heterocycles. The van der Waals surface area contributed by atoms with Gasteiger partial charge in [-0.25, -0.2) is 0 Å². The molecule has 23 heavy (non-hydrogen) atoms. The third-order valence-electron chi connectivity index (χ3n) is 4.75. The van der Waals surface area contributed by atoms with E-state index in [-0.39, 0.29) is 11.8 Å². The maximum atomic E-state index is 12.3. The zero-order valence-electron chi connectivity index (χ0n) is 13.7. The van der Waals surface area contributed by atoms with Crippen LogP contribution in [-0.2, 0) is 16.0 Å². The highest BCUT2D eigenvalue weighted by Gasteiger charge is 2.29. The van der Waals surface area contributed by atoms with Crippen LogP contribution < -0.4 is 5.32 Å². The Kier molecular flexibility index (Phi) is 5.31. The fourth-order valence-electron chi connectivity index (χ4n) is 3.25. The minimum atomic E-state index is 0.163. The Morgan fingerprint density at radius 1 is 1.13 bits per heavy atom. The van der Waals surface area contributed by atoms with Gasteiger partial charge in [-0.3, -0.25) is 9.59 Å². The van der Waals surface area contributed by atoms with Crippen molar-refractivity contribution in [2.24, 2.45) is 5.92 Å². The van der Waals surface area contributed by atoms with E-state index in [1.807, 2.05) is 23.1 Å². The molecular weight excluding hydrogens is 288 g/mol. The molecule has 1 atom stereocenters. The van der Waals surface area contributed by atoms with Gasteiger partial charge in [0.05, 0.1) is 0 Å². The first-order valence-electron chi connectivity index (χ1n) is 8.82. The molecule has 4 heteroatoms. The largest absolute Gasteiger partial charge is 0.353 e. The maximum absolute atomic E-state index is 12.3. The van der Waals surface area contributed by atoms with Crippen LogP contribution in [0.4, 0.5) is 0 Å². The molecule has 1 heterocycles. The summed E-state index contributed by atoms with van der Waals surface area (Å²) in [5, 5.41) is 3.03. The molecule has 1 aromatic carbocycles. The standard InChI is InChI=1S/C19H26N2O2/c22-18(20-17-9-10-17)13-16-11-12-21(14-16)19(23)8-4-7-15-5-2-1-3-6-15/h1-3,5-6,16-17H,4,7-14H2,(H,20,22). The quantitative estimate of drug-likeness (QED) is 0.841. The molecule has 4 nitrogen and oxygen atoms in total. The van der Waals surface area contributed by atoms with E-state index in [9.17, 15) is 9.59 Å². The molecule has 1 aromatic rings. The number of benzene rings is 1. The summed E-state index contributed by atoms with van der Waals surface area (Å²) in [6, 6.07) is 10.7. The Labute approximate surface area is 138 Å². The molecule has 1 saturated carbocycles. The minimum absolute atomic E-state index is 0.163. The van der Waals surface area contributed by atoms with Crippen LogP contribution in [0.1, 0.15) is 44.1 Å². The molecule has 1 unspecified atom stereocenters. The first-order chi connectivity index (χ1) is 11.2. The van der Waals surface area contributed by atoms with E-state index in [0.29, 0.717) is 24.8 Å². The van der Waals surface area contributed by atoms with Crippen molar-refractivity contribution < 1.29 is 9.59 Å². The molecule has 1 N–H and O–H groups in total. The summed E-state index contributed by atoms with van der Waals surface area (Å²) in [6.45, 7) is 1.56. The second-order valence-corrected chi connectivity index (χ2v) is 6.88. The number of nitrogens with zero attached hydrogens (tertiary/aromatic N) is 1. The zero-order valence-corrected chi connectivity index (χ0v) is 13.7. The lowest BCUT2D eigenvalue weighted by molar-refractivity contribution is -0.130. The van der Waals surface area contributed by atoms with Gasteiger partial charge in [0.25, 0.3) is 0 Å². The molecule has 1 aliphatic carbocycles. The summed E-state index contributed by atoms with van der Waals surface area (Å²) in [4.78, 5) is 26.1. The summed E-state index contributed by atoms with van der Waals surface area (Å²) in [6.07, 6.45) is 6.24. The number of aryl methyl sites for hydroxylation is 1. The number of hydrogen-bond acceptors (Lipinski definition) is 2. The van der Waals surface area contributed by atoms with Crippen LogP contribution in [0.5, 0.6) is 0 Å². The van der Waals surface area contributed by atoms with Gasteiger partial charge in [-0.15, -0.1) is 0 Å². The maximum Gasteiger partial charge on any atom is 0.222 e. The van der Waals surface area contributed by atoms with Gasteiger partial charge in [-0.2, -0.15) is 0 Å². The van der Waals surface area contributed by atoms with Crippen LogP contribution in [0.15, 0.2) is 30.3 Å². The van der Waals surface area contributed by atoms with Crippen molar-refractivity contribution in [2.45, 2.75) is 51.0 Å². The van der Waals surface area contributed by atoms with Gasteiger partial charge in [-0.05, 0) is 43.6 Å². The smallest absolute Gasteiger partial charge is 0.222 e. The Hall–Kier alpha value is -1.84. The van der Waals surface area contributed by atoms with Crippen LogP contribution in [0.25, 0.3) is 0 Å². The first-order valence-corrected chi connectivity index (χ1v) is 8.82. The Balaban J connectivity index is 1.34. The fraction of sp³-hybridized carbons (Fsp3) is 0.579. The van der Waals surface area contributed by atoms with Crippen LogP contribution in [0.2, 0.25) is 0 Å². The van der Waals surface area contributed by atoms with Crippen molar-refractivity contribution in [1.29, 1.82) is 0 Å². The van der Waals surface area contributed by atoms with Crippen molar-refractivity contribution in [3.63, 3.8) is 0 Å². The number of nitrogens with one attached hydrogen (secondary N) is 1. The highest BCUT2D eigenvalue weighted by atomic mass is 16.2. The van der Waals surface area contributed by atoms with Crippen molar-refractivity contribution in [3.8, 4) is 0 Å². The Bertz CT molecular complexity index is 540. The van der Waals surface area contributed by atoms with Crippen LogP contribution >= 0.6 is 0 Å². The molecule has 0 radical (unpaired) electrons. The summed E-state index contributed by atoms with van der Waals surface area (Å²) in [7, 11) is 0. The van der Waals surface area contributed by atoms with Gasteiger partial charge in [0.2, 0.25) is 11.8 Å². The third kappa shape index (κ3) is 5.08. The van der Waals surface area contributed by atoms with Crippen LogP contribution in [0.3, 0.4) is 0 Å².